The number of nitrogens with zero attached hydrogens (tertiary/aromatic N) is 1. The topological polar surface area (TPSA) is 127 Å². The summed E-state index contributed by atoms with van der Waals surface area (Å²) in [6.45, 7) is 1.01. The second kappa shape index (κ2) is 7.68. The van der Waals surface area contributed by atoms with Gasteiger partial charge >= 0.3 is 18.0 Å². The summed E-state index contributed by atoms with van der Waals surface area (Å²) in [4.78, 5) is 34.9. The largest absolute Gasteiger partial charge is 0.481 e. The van der Waals surface area contributed by atoms with Gasteiger partial charge in [-0.3, -0.25) is 4.79 Å². The third kappa shape index (κ3) is 5.04. The van der Waals surface area contributed by atoms with Gasteiger partial charge < -0.3 is 25.5 Å². The number of amides is 2. The molecule has 0 aromatic carbocycles. The van der Waals surface area contributed by atoms with Gasteiger partial charge in [0.05, 0.1) is 6.42 Å². The fraction of sp³-hybridized carbons (Fsp3) is 0.750. The van der Waals surface area contributed by atoms with Crippen LogP contribution in [-0.4, -0.2) is 63.9 Å². The SMILES string of the molecule is O=C(O)C[C@H](NC(=O)N1CCCC(CCO)C1)C(=O)O. The summed E-state index contributed by atoms with van der Waals surface area (Å²) in [6.07, 6.45) is 1.65. The highest BCUT2D eigenvalue weighted by atomic mass is 16.4. The van der Waals surface area contributed by atoms with Crippen molar-refractivity contribution in [3.8, 4) is 0 Å². The number of likely N-dealkylation sites (tertiary alicyclic amines) is 1. The van der Waals surface area contributed by atoms with E-state index in [1.165, 1.54) is 4.90 Å². The lowest BCUT2D eigenvalue weighted by Gasteiger charge is -2.33. The normalized spacial score (nSPS) is 20.2. The maximum Gasteiger partial charge on any atom is 0.326 e. The molecule has 1 unspecified atom stereocenters. The number of hydrogen-bond donors (Lipinski definition) is 4. The van der Waals surface area contributed by atoms with E-state index in [-0.39, 0.29) is 12.5 Å². The summed E-state index contributed by atoms with van der Waals surface area (Å²) in [7, 11) is 0. The van der Waals surface area contributed by atoms with Gasteiger partial charge in [-0.2, -0.15) is 0 Å². The highest BCUT2D eigenvalue weighted by Gasteiger charge is 2.28. The smallest absolute Gasteiger partial charge is 0.326 e. The number of carboxylic acid groups (broad SMARTS) is 2. The van der Waals surface area contributed by atoms with Crippen molar-refractivity contribution < 1.29 is 29.7 Å². The van der Waals surface area contributed by atoms with E-state index in [1.807, 2.05) is 0 Å². The van der Waals surface area contributed by atoms with Gasteiger partial charge in [0.15, 0.2) is 0 Å². The van der Waals surface area contributed by atoms with E-state index in [0.29, 0.717) is 19.5 Å². The molecule has 20 heavy (non-hydrogen) atoms. The third-order valence-electron chi connectivity index (χ3n) is 3.32. The lowest BCUT2D eigenvalue weighted by Crippen LogP contribution is -2.51. The van der Waals surface area contributed by atoms with Crippen molar-refractivity contribution in [2.24, 2.45) is 5.92 Å². The summed E-state index contributed by atoms with van der Waals surface area (Å²) in [6, 6.07) is -2.00. The molecule has 2 amide bonds. The number of aliphatic hydroxyl groups excluding tert-OH is 1. The van der Waals surface area contributed by atoms with Crippen LogP contribution in [0.4, 0.5) is 4.79 Å². The molecule has 114 valence electrons. The molecule has 8 heteroatoms. The van der Waals surface area contributed by atoms with Crippen LogP contribution < -0.4 is 5.32 Å². The van der Waals surface area contributed by atoms with Crippen molar-refractivity contribution in [1.29, 1.82) is 0 Å². The highest BCUT2D eigenvalue weighted by Crippen LogP contribution is 2.19. The Labute approximate surface area is 116 Å². The predicted molar refractivity (Wildman–Crippen MR) is 68.2 cm³/mol. The Hall–Kier alpha value is -1.83. The van der Waals surface area contributed by atoms with E-state index in [4.69, 9.17) is 15.3 Å². The predicted octanol–water partition coefficient (Wildman–Crippen LogP) is -0.282. The molecule has 1 aliphatic heterocycles. The summed E-state index contributed by atoms with van der Waals surface area (Å²) >= 11 is 0. The Bertz CT molecular complexity index is 371. The first-order chi connectivity index (χ1) is 9.43. The lowest BCUT2D eigenvalue weighted by molar-refractivity contribution is -0.145. The molecule has 2 atom stereocenters. The zero-order valence-electron chi connectivity index (χ0n) is 11.1. The van der Waals surface area contributed by atoms with Crippen LogP contribution in [0.3, 0.4) is 0 Å². The molecule has 0 bridgehead atoms. The Morgan fingerprint density at radius 1 is 1.30 bits per heavy atom. The third-order valence-corrected chi connectivity index (χ3v) is 3.32. The number of hydrogen-bond acceptors (Lipinski definition) is 4. The fourth-order valence-electron chi connectivity index (χ4n) is 2.28. The maximum atomic E-state index is 11.9. The number of aliphatic hydroxyl groups is 1. The molecular weight excluding hydrogens is 268 g/mol. The van der Waals surface area contributed by atoms with Crippen molar-refractivity contribution in [3.63, 3.8) is 0 Å². The number of carbonyl (C=O) groups is 3. The number of rotatable bonds is 6. The van der Waals surface area contributed by atoms with Crippen LogP contribution in [0.1, 0.15) is 25.7 Å². The molecule has 1 saturated heterocycles. The average Bonchev–Trinajstić information content (AvgIpc) is 2.38. The highest BCUT2D eigenvalue weighted by molar-refractivity contribution is 5.86. The average molecular weight is 288 g/mol. The number of urea groups is 1. The van der Waals surface area contributed by atoms with Crippen LogP contribution in [0.2, 0.25) is 0 Å². The maximum absolute atomic E-state index is 11.9. The minimum atomic E-state index is -1.43. The standard InChI is InChI=1S/C12H20N2O6/c15-5-3-8-2-1-4-14(7-8)12(20)13-9(11(18)19)6-10(16)17/h8-9,15H,1-7H2,(H,13,20)(H,16,17)(H,18,19)/t8?,9-/m0/s1. The second-order valence-corrected chi connectivity index (χ2v) is 4.90. The van der Waals surface area contributed by atoms with Crippen molar-refractivity contribution >= 4 is 18.0 Å². The lowest BCUT2D eigenvalue weighted by atomic mass is 9.95. The molecule has 1 aliphatic rings. The van der Waals surface area contributed by atoms with E-state index in [0.717, 1.165) is 12.8 Å². The van der Waals surface area contributed by atoms with Gasteiger partial charge in [0.25, 0.3) is 0 Å². The molecular formula is C12H20N2O6. The Morgan fingerprint density at radius 3 is 2.55 bits per heavy atom. The molecule has 0 spiro atoms. The summed E-state index contributed by atoms with van der Waals surface area (Å²) in [5.41, 5.74) is 0. The minimum Gasteiger partial charge on any atom is -0.481 e. The van der Waals surface area contributed by atoms with Gasteiger partial charge in [0, 0.05) is 19.7 Å². The molecule has 8 nitrogen and oxygen atoms in total. The van der Waals surface area contributed by atoms with E-state index in [9.17, 15) is 14.4 Å². The van der Waals surface area contributed by atoms with E-state index >= 15 is 0 Å². The number of carboxylic acids is 2. The first-order valence-electron chi connectivity index (χ1n) is 6.55. The van der Waals surface area contributed by atoms with Crippen LogP contribution in [0.5, 0.6) is 0 Å². The molecule has 1 heterocycles. The summed E-state index contributed by atoms with van der Waals surface area (Å²) < 4.78 is 0. The Kier molecular flexibility index (Phi) is 6.23. The van der Waals surface area contributed by atoms with Gasteiger partial charge in [-0.25, -0.2) is 9.59 Å². The van der Waals surface area contributed by atoms with Gasteiger partial charge in [-0.1, -0.05) is 0 Å². The molecule has 0 aromatic rings. The van der Waals surface area contributed by atoms with Gasteiger partial charge in [0.1, 0.15) is 6.04 Å². The first kappa shape index (κ1) is 16.2. The number of aliphatic carboxylic acids is 2. The van der Waals surface area contributed by atoms with E-state index in [2.05, 4.69) is 5.32 Å². The van der Waals surface area contributed by atoms with Crippen molar-refractivity contribution in [3.05, 3.63) is 0 Å². The fourth-order valence-corrected chi connectivity index (χ4v) is 2.28. The van der Waals surface area contributed by atoms with Crippen molar-refractivity contribution in [2.75, 3.05) is 19.7 Å². The van der Waals surface area contributed by atoms with Gasteiger partial charge in [0.2, 0.25) is 0 Å². The van der Waals surface area contributed by atoms with Crippen LogP contribution in [-0.2, 0) is 9.59 Å². The van der Waals surface area contributed by atoms with Crippen LogP contribution >= 0.6 is 0 Å². The van der Waals surface area contributed by atoms with Crippen LogP contribution in [0.25, 0.3) is 0 Å². The zero-order valence-corrected chi connectivity index (χ0v) is 11.1. The van der Waals surface area contributed by atoms with E-state index in [1.54, 1.807) is 0 Å². The van der Waals surface area contributed by atoms with E-state index < -0.39 is 30.4 Å². The molecule has 0 aliphatic carbocycles. The van der Waals surface area contributed by atoms with Gasteiger partial charge in [-0.05, 0) is 25.2 Å². The molecule has 1 fully saturated rings. The molecule has 4 N–H and O–H groups in total. The number of carbonyl (C=O) groups excluding carboxylic acids is 1. The van der Waals surface area contributed by atoms with Crippen LogP contribution in [0.15, 0.2) is 0 Å². The Balaban J connectivity index is 2.55. The molecule has 0 saturated carbocycles. The van der Waals surface area contributed by atoms with Gasteiger partial charge in [-0.15, -0.1) is 0 Å². The number of nitrogens with one attached hydrogen (secondary N) is 1. The Morgan fingerprint density at radius 2 is 2.00 bits per heavy atom. The zero-order chi connectivity index (χ0) is 15.1. The first-order valence-corrected chi connectivity index (χ1v) is 6.55. The summed E-state index contributed by atoms with van der Waals surface area (Å²) in [5.74, 6) is -2.46. The molecule has 0 aromatic heterocycles. The molecule has 1 rings (SSSR count). The number of piperidine rings is 1. The quantitative estimate of drug-likeness (QED) is 0.532. The molecule has 0 radical (unpaired) electrons. The summed E-state index contributed by atoms with van der Waals surface area (Å²) in [5, 5.41) is 28.6. The minimum absolute atomic E-state index is 0.0525. The second-order valence-electron chi connectivity index (χ2n) is 4.90. The van der Waals surface area contributed by atoms with Crippen LogP contribution in [0, 0.1) is 5.92 Å². The van der Waals surface area contributed by atoms with Crippen molar-refractivity contribution in [2.45, 2.75) is 31.7 Å². The monoisotopic (exact) mass is 288 g/mol. The van der Waals surface area contributed by atoms with Crippen molar-refractivity contribution in [1.82, 2.24) is 10.2 Å².